The second-order valence-electron chi connectivity index (χ2n) is 6.20. The molecule has 112 valence electrons. The van der Waals surface area contributed by atoms with E-state index < -0.39 is 0 Å². The van der Waals surface area contributed by atoms with Crippen LogP contribution >= 0.6 is 0 Å². The van der Waals surface area contributed by atoms with Gasteiger partial charge in [-0.3, -0.25) is 14.6 Å². The van der Waals surface area contributed by atoms with E-state index in [0.29, 0.717) is 6.04 Å². The van der Waals surface area contributed by atoms with Crippen LogP contribution < -0.4 is 0 Å². The summed E-state index contributed by atoms with van der Waals surface area (Å²) in [7, 11) is 2.01. The Kier molecular flexibility index (Phi) is 4.06. The molecule has 1 fully saturated rings. The highest BCUT2D eigenvalue weighted by Gasteiger charge is 2.31. The van der Waals surface area contributed by atoms with E-state index in [4.69, 9.17) is 0 Å². The fourth-order valence-electron chi connectivity index (χ4n) is 3.46. The fourth-order valence-corrected chi connectivity index (χ4v) is 3.46. The first kappa shape index (κ1) is 14.3. The first-order valence-corrected chi connectivity index (χ1v) is 7.82. The Hall–Kier alpha value is -1.68. The van der Waals surface area contributed by atoms with E-state index in [0.717, 1.165) is 25.4 Å². The van der Waals surface area contributed by atoms with Crippen LogP contribution in [0.5, 0.6) is 0 Å². The number of pyridine rings is 1. The molecular weight excluding hydrogens is 260 g/mol. The molecule has 0 saturated carbocycles. The predicted octanol–water partition coefficient (Wildman–Crippen LogP) is 2.96. The van der Waals surface area contributed by atoms with Gasteiger partial charge in [-0.1, -0.05) is 19.9 Å². The smallest absolute Gasteiger partial charge is 0.0666 e. The zero-order valence-corrected chi connectivity index (χ0v) is 13.2. The number of nitrogens with zero attached hydrogens (tertiary/aromatic N) is 4. The molecule has 2 aromatic rings. The van der Waals surface area contributed by atoms with Gasteiger partial charge in [0, 0.05) is 50.3 Å². The lowest BCUT2D eigenvalue weighted by molar-refractivity contribution is 0.244. The second kappa shape index (κ2) is 5.98. The Morgan fingerprint density at radius 3 is 2.95 bits per heavy atom. The molecule has 0 N–H and O–H groups in total. The topological polar surface area (TPSA) is 34.0 Å². The number of rotatable bonds is 4. The summed E-state index contributed by atoms with van der Waals surface area (Å²) in [6.45, 7) is 6.66. The molecule has 0 amide bonds. The van der Waals surface area contributed by atoms with Crippen LogP contribution in [0.1, 0.15) is 43.1 Å². The Morgan fingerprint density at radius 1 is 1.38 bits per heavy atom. The minimum atomic E-state index is 0.485. The first-order valence-electron chi connectivity index (χ1n) is 7.82. The molecule has 3 heterocycles. The van der Waals surface area contributed by atoms with Crippen molar-refractivity contribution in [1.29, 1.82) is 0 Å². The van der Waals surface area contributed by atoms with Gasteiger partial charge in [0.1, 0.15) is 0 Å². The second-order valence-corrected chi connectivity index (χ2v) is 6.20. The van der Waals surface area contributed by atoms with Crippen LogP contribution in [0.25, 0.3) is 0 Å². The quantitative estimate of drug-likeness (QED) is 0.865. The van der Waals surface area contributed by atoms with E-state index in [9.17, 15) is 0 Å². The van der Waals surface area contributed by atoms with Crippen molar-refractivity contribution in [3.05, 3.63) is 47.5 Å². The normalized spacial score (nSPS) is 22.8. The monoisotopic (exact) mass is 284 g/mol. The van der Waals surface area contributed by atoms with E-state index in [1.165, 1.54) is 23.2 Å². The molecule has 0 aromatic carbocycles. The van der Waals surface area contributed by atoms with Crippen LogP contribution in [0.4, 0.5) is 0 Å². The van der Waals surface area contributed by atoms with E-state index in [1.807, 2.05) is 30.2 Å². The van der Waals surface area contributed by atoms with Crippen molar-refractivity contribution >= 4 is 0 Å². The van der Waals surface area contributed by atoms with Crippen molar-refractivity contribution in [3.63, 3.8) is 0 Å². The molecular formula is C17H24N4. The minimum Gasteiger partial charge on any atom is -0.292 e. The summed E-state index contributed by atoms with van der Waals surface area (Å²) in [4.78, 5) is 6.87. The van der Waals surface area contributed by atoms with Crippen LogP contribution in [-0.2, 0) is 20.0 Å². The third-order valence-corrected chi connectivity index (χ3v) is 4.38. The van der Waals surface area contributed by atoms with Gasteiger partial charge in [0.25, 0.3) is 0 Å². The molecule has 0 radical (unpaired) electrons. The molecule has 0 spiro atoms. The molecule has 21 heavy (non-hydrogen) atoms. The van der Waals surface area contributed by atoms with E-state index in [2.05, 4.69) is 41.1 Å². The van der Waals surface area contributed by atoms with Crippen LogP contribution in [0.3, 0.4) is 0 Å². The predicted molar refractivity (Wildman–Crippen MR) is 83.8 cm³/mol. The van der Waals surface area contributed by atoms with Crippen LogP contribution in [-0.4, -0.2) is 26.2 Å². The average molecular weight is 284 g/mol. The molecule has 0 unspecified atom stereocenters. The van der Waals surface area contributed by atoms with Crippen molar-refractivity contribution in [1.82, 2.24) is 19.7 Å². The van der Waals surface area contributed by atoms with Gasteiger partial charge in [-0.2, -0.15) is 5.10 Å². The number of hydrogen-bond acceptors (Lipinski definition) is 3. The number of hydrogen-bond donors (Lipinski definition) is 0. The fraction of sp³-hybridized carbons (Fsp3) is 0.529. The largest absolute Gasteiger partial charge is 0.292 e. The lowest BCUT2D eigenvalue weighted by atomic mass is 10.0. The zero-order chi connectivity index (χ0) is 14.8. The summed E-state index contributed by atoms with van der Waals surface area (Å²) in [5, 5.41) is 4.57. The summed E-state index contributed by atoms with van der Waals surface area (Å²) < 4.78 is 1.94. The minimum absolute atomic E-state index is 0.485. The highest BCUT2D eigenvalue weighted by molar-refractivity contribution is 5.20. The van der Waals surface area contributed by atoms with Gasteiger partial charge >= 0.3 is 0 Å². The molecule has 0 bridgehead atoms. The number of likely N-dealkylation sites (tertiary alicyclic amines) is 1. The molecule has 4 nitrogen and oxygen atoms in total. The number of aromatic nitrogens is 3. The van der Waals surface area contributed by atoms with Crippen LogP contribution in [0.15, 0.2) is 30.7 Å². The Labute approximate surface area is 126 Å². The summed E-state index contributed by atoms with van der Waals surface area (Å²) in [6.07, 6.45) is 8.24. The lowest BCUT2D eigenvalue weighted by Crippen LogP contribution is -2.23. The van der Waals surface area contributed by atoms with Gasteiger partial charge < -0.3 is 0 Å². The zero-order valence-electron chi connectivity index (χ0n) is 13.2. The van der Waals surface area contributed by atoms with Gasteiger partial charge in [-0.25, -0.2) is 0 Å². The Bertz CT molecular complexity index is 590. The molecule has 1 aliphatic heterocycles. The summed E-state index contributed by atoms with van der Waals surface area (Å²) in [6, 6.07) is 4.73. The van der Waals surface area contributed by atoms with Crippen molar-refractivity contribution < 1.29 is 0 Å². The van der Waals surface area contributed by atoms with Gasteiger partial charge in [0.2, 0.25) is 0 Å². The van der Waals surface area contributed by atoms with E-state index >= 15 is 0 Å². The molecule has 1 aliphatic rings. The number of aryl methyl sites for hydroxylation is 2. The summed E-state index contributed by atoms with van der Waals surface area (Å²) in [5.74, 6) is 0.733. The summed E-state index contributed by atoms with van der Waals surface area (Å²) in [5.41, 5.74) is 3.92. The maximum atomic E-state index is 4.57. The van der Waals surface area contributed by atoms with Crippen LogP contribution in [0, 0.1) is 5.92 Å². The standard InChI is InChI=1S/C17H24N4/c1-4-16-15(11-20(3)19-16)12-21-10-13(2)8-17(21)14-6-5-7-18-9-14/h5-7,9,11,13,17H,4,8,10,12H2,1-3H3/t13-,17-/m0/s1. The third kappa shape index (κ3) is 3.00. The average Bonchev–Trinajstić information content (AvgIpc) is 3.03. The Morgan fingerprint density at radius 2 is 2.24 bits per heavy atom. The molecule has 3 rings (SSSR count). The van der Waals surface area contributed by atoms with Crippen molar-refractivity contribution in [2.45, 2.75) is 39.3 Å². The van der Waals surface area contributed by atoms with Crippen molar-refractivity contribution in [2.75, 3.05) is 6.54 Å². The van der Waals surface area contributed by atoms with Gasteiger partial charge in [-0.15, -0.1) is 0 Å². The molecule has 1 saturated heterocycles. The molecule has 0 aliphatic carbocycles. The SMILES string of the molecule is CCc1nn(C)cc1CN1C[C@@H](C)C[C@H]1c1cccnc1. The summed E-state index contributed by atoms with van der Waals surface area (Å²) >= 11 is 0. The third-order valence-electron chi connectivity index (χ3n) is 4.38. The maximum absolute atomic E-state index is 4.57. The first-order chi connectivity index (χ1) is 10.2. The highest BCUT2D eigenvalue weighted by Crippen LogP contribution is 2.36. The highest BCUT2D eigenvalue weighted by atomic mass is 15.3. The lowest BCUT2D eigenvalue weighted by Gasteiger charge is -2.24. The molecule has 2 aromatic heterocycles. The van der Waals surface area contributed by atoms with Gasteiger partial charge in [0.05, 0.1) is 5.69 Å². The van der Waals surface area contributed by atoms with Crippen molar-refractivity contribution in [3.8, 4) is 0 Å². The molecule has 2 atom stereocenters. The van der Waals surface area contributed by atoms with Gasteiger partial charge in [0.15, 0.2) is 0 Å². The molecule has 4 heteroatoms. The van der Waals surface area contributed by atoms with E-state index in [1.54, 1.807) is 0 Å². The van der Waals surface area contributed by atoms with E-state index in [-0.39, 0.29) is 0 Å². The van der Waals surface area contributed by atoms with Crippen LogP contribution in [0.2, 0.25) is 0 Å². The van der Waals surface area contributed by atoms with Crippen molar-refractivity contribution in [2.24, 2.45) is 13.0 Å². The Balaban J connectivity index is 1.82. The maximum Gasteiger partial charge on any atom is 0.0666 e. The van der Waals surface area contributed by atoms with Gasteiger partial charge in [-0.05, 0) is 30.4 Å².